The van der Waals surface area contributed by atoms with Crippen LogP contribution in [0.1, 0.15) is 31.7 Å². The Morgan fingerprint density at radius 3 is 2.75 bits per heavy atom. The zero-order valence-corrected chi connectivity index (χ0v) is 11.9. The van der Waals surface area contributed by atoms with Gasteiger partial charge >= 0.3 is 0 Å². The Bertz CT molecular complexity index is 363. The normalized spacial score (nSPS) is 15.2. The van der Waals surface area contributed by atoms with Gasteiger partial charge in [0.05, 0.1) is 0 Å². The summed E-state index contributed by atoms with van der Waals surface area (Å²) >= 11 is 9.58. The highest BCUT2D eigenvalue weighted by Crippen LogP contribution is 2.35. The zero-order valence-electron chi connectivity index (χ0n) is 9.55. The second kappa shape index (κ2) is 5.42. The maximum atomic E-state index is 6.03. The van der Waals surface area contributed by atoms with Gasteiger partial charge in [0, 0.05) is 28.6 Å². The maximum Gasteiger partial charge on any atom is 0.0410 e. The Labute approximate surface area is 111 Å². The average Bonchev–Trinajstić information content (AvgIpc) is 3.10. The van der Waals surface area contributed by atoms with Crippen molar-refractivity contribution in [2.75, 3.05) is 11.4 Å². The Morgan fingerprint density at radius 1 is 1.44 bits per heavy atom. The van der Waals surface area contributed by atoms with Crippen LogP contribution >= 0.6 is 27.5 Å². The topological polar surface area (TPSA) is 3.24 Å². The third-order valence-corrected chi connectivity index (χ3v) is 3.79. The number of rotatable bonds is 5. The number of alkyl halides is 1. The van der Waals surface area contributed by atoms with Crippen LogP contribution < -0.4 is 4.90 Å². The van der Waals surface area contributed by atoms with Crippen molar-refractivity contribution < 1.29 is 0 Å². The van der Waals surface area contributed by atoms with Crippen molar-refractivity contribution in [3.8, 4) is 0 Å². The van der Waals surface area contributed by atoms with Gasteiger partial charge in [-0.15, -0.1) is 0 Å². The predicted molar refractivity (Wildman–Crippen MR) is 74.7 cm³/mol. The van der Waals surface area contributed by atoms with Crippen LogP contribution in [0.3, 0.4) is 0 Å². The molecule has 2 rings (SSSR count). The zero-order chi connectivity index (χ0) is 11.5. The third kappa shape index (κ3) is 2.72. The van der Waals surface area contributed by atoms with Gasteiger partial charge in [-0.05, 0) is 43.0 Å². The quantitative estimate of drug-likeness (QED) is 0.718. The largest absolute Gasteiger partial charge is 0.368 e. The van der Waals surface area contributed by atoms with Crippen molar-refractivity contribution in [3.63, 3.8) is 0 Å². The van der Waals surface area contributed by atoms with E-state index >= 15 is 0 Å². The van der Waals surface area contributed by atoms with E-state index in [9.17, 15) is 0 Å². The van der Waals surface area contributed by atoms with E-state index in [1.54, 1.807) is 0 Å². The first-order chi connectivity index (χ1) is 7.76. The molecule has 3 heteroatoms. The van der Waals surface area contributed by atoms with Crippen molar-refractivity contribution in [1.82, 2.24) is 0 Å². The van der Waals surface area contributed by atoms with Crippen LogP contribution in [0.4, 0.5) is 5.69 Å². The number of hydrogen-bond acceptors (Lipinski definition) is 1. The molecule has 0 bridgehead atoms. The fourth-order valence-corrected chi connectivity index (χ4v) is 2.71. The van der Waals surface area contributed by atoms with Gasteiger partial charge in [0.2, 0.25) is 0 Å². The van der Waals surface area contributed by atoms with E-state index in [0.29, 0.717) is 0 Å². The molecule has 1 aliphatic rings. The van der Waals surface area contributed by atoms with E-state index in [2.05, 4.69) is 39.9 Å². The molecule has 0 aromatic heterocycles. The van der Waals surface area contributed by atoms with Crippen LogP contribution in [0.25, 0.3) is 0 Å². The molecule has 1 nitrogen and oxygen atoms in total. The van der Waals surface area contributed by atoms with Crippen molar-refractivity contribution in [1.29, 1.82) is 0 Å². The highest BCUT2D eigenvalue weighted by Gasteiger charge is 2.29. The van der Waals surface area contributed by atoms with Crippen LogP contribution in [0, 0.1) is 0 Å². The summed E-state index contributed by atoms with van der Waals surface area (Å²) in [6.45, 7) is 3.38. The highest BCUT2D eigenvalue weighted by atomic mass is 79.9. The lowest BCUT2D eigenvalue weighted by Gasteiger charge is -2.26. The fourth-order valence-electron chi connectivity index (χ4n) is 2.07. The highest BCUT2D eigenvalue weighted by molar-refractivity contribution is 9.08. The van der Waals surface area contributed by atoms with Crippen LogP contribution in [-0.2, 0) is 5.33 Å². The molecule has 0 amide bonds. The molecule has 0 atom stereocenters. The van der Waals surface area contributed by atoms with Crippen molar-refractivity contribution >= 4 is 33.2 Å². The number of anilines is 1. The number of benzene rings is 1. The van der Waals surface area contributed by atoms with Gasteiger partial charge in [-0.25, -0.2) is 0 Å². The first-order valence-corrected chi connectivity index (χ1v) is 7.37. The molecule has 16 heavy (non-hydrogen) atoms. The van der Waals surface area contributed by atoms with E-state index in [1.165, 1.54) is 30.5 Å². The van der Waals surface area contributed by atoms with E-state index in [-0.39, 0.29) is 0 Å². The summed E-state index contributed by atoms with van der Waals surface area (Å²) in [6, 6.07) is 6.98. The Balaban J connectivity index is 2.28. The lowest BCUT2D eigenvalue weighted by atomic mass is 10.1. The number of hydrogen-bond donors (Lipinski definition) is 0. The van der Waals surface area contributed by atoms with Crippen molar-refractivity contribution in [2.24, 2.45) is 0 Å². The van der Waals surface area contributed by atoms with Crippen LogP contribution in [0.15, 0.2) is 18.2 Å². The second-order valence-corrected chi connectivity index (χ2v) is 5.33. The van der Waals surface area contributed by atoms with Gasteiger partial charge < -0.3 is 4.90 Å². The number of nitrogens with zero attached hydrogens (tertiary/aromatic N) is 1. The van der Waals surface area contributed by atoms with E-state index in [4.69, 9.17) is 11.6 Å². The fraction of sp³-hybridized carbons (Fsp3) is 0.538. The molecule has 88 valence electrons. The molecule has 1 aliphatic carbocycles. The van der Waals surface area contributed by atoms with Crippen molar-refractivity contribution in [2.45, 2.75) is 37.6 Å². The van der Waals surface area contributed by atoms with Gasteiger partial charge in [0.25, 0.3) is 0 Å². The smallest absolute Gasteiger partial charge is 0.0410 e. The molecule has 0 saturated heterocycles. The van der Waals surface area contributed by atoms with E-state index in [1.807, 2.05) is 6.07 Å². The average molecular weight is 303 g/mol. The predicted octanol–water partition coefficient (Wildman–Crippen LogP) is 4.61. The van der Waals surface area contributed by atoms with Gasteiger partial charge in [-0.3, -0.25) is 0 Å². The minimum atomic E-state index is 0.763. The third-order valence-electron chi connectivity index (χ3n) is 2.95. The molecule has 1 aromatic rings. The molecule has 0 N–H and O–H groups in total. The molecule has 0 radical (unpaired) electrons. The summed E-state index contributed by atoms with van der Waals surface area (Å²) in [6.07, 6.45) is 3.87. The lowest BCUT2D eigenvalue weighted by Crippen LogP contribution is -2.27. The molecule has 1 saturated carbocycles. The summed E-state index contributed by atoms with van der Waals surface area (Å²) in [7, 11) is 0. The van der Waals surface area contributed by atoms with E-state index in [0.717, 1.165) is 22.9 Å². The molecule has 0 heterocycles. The van der Waals surface area contributed by atoms with Crippen LogP contribution in [-0.4, -0.2) is 12.6 Å². The molecule has 0 unspecified atom stereocenters. The Kier molecular flexibility index (Phi) is 4.15. The monoisotopic (exact) mass is 301 g/mol. The Hall–Kier alpha value is -0.210. The van der Waals surface area contributed by atoms with Crippen molar-refractivity contribution in [3.05, 3.63) is 28.8 Å². The summed E-state index contributed by atoms with van der Waals surface area (Å²) in [5, 5.41) is 1.70. The lowest BCUT2D eigenvalue weighted by molar-refractivity contribution is 0.760. The number of halogens is 2. The molecule has 1 fully saturated rings. The second-order valence-electron chi connectivity index (χ2n) is 4.33. The SMILES string of the molecule is CCCN(c1ccc(Cl)cc1CBr)C1CC1. The standard InChI is InChI=1S/C13H17BrClN/c1-2-7-16(12-4-5-12)13-6-3-11(15)8-10(13)9-14/h3,6,8,12H,2,4-5,7,9H2,1H3. The summed E-state index contributed by atoms with van der Waals surface area (Å²) in [5.74, 6) is 0. The molecule has 0 aliphatic heterocycles. The van der Waals surface area contributed by atoms with Crippen LogP contribution in [0.5, 0.6) is 0 Å². The molecular formula is C13H17BrClN. The Morgan fingerprint density at radius 2 is 2.19 bits per heavy atom. The van der Waals surface area contributed by atoms with Gasteiger partial charge in [0.1, 0.15) is 0 Å². The molecule has 0 spiro atoms. The molecule has 1 aromatic carbocycles. The maximum absolute atomic E-state index is 6.03. The van der Waals surface area contributed by atoms with Gasteiger partial charge in [-0.2, -0.15) is 0 Å². The molecular weight excluding hydrogens is 286 g/mol. The summed E-state index contributed by atoms with van der Waals surface area (Å²) in [4.78, 5) is 2.53. The first-order valence-electron chi connectivity index (χ1n) is 5.87. The summed E-state index contributed by atoms with van der Waals surface area (Å²) in [5.41, 5.74) is 2.65. The van der Waals surface area contributed by atoms with Gasteiger partial charge in [-0.1, -0.05) is 34.5 Å². The minimum Gasteiger partial charge on any atom is -0.368 e. The minimum absolute atomic E-state index is 0.763. The van der Waals surface area contributed by atoms with Crippen LogP contribution in [0.2, 0.25) is 5.02 Å². The summed E-state index contributed by atoms with van der Waals surface area (Å²) < 4.78 is 0. The first kappa shape index (κ1) is 12.3. The van der Waals surface area contributed by atoms with E-state index < -0.39 is 0 Å². The van der Waals surface area contributed by atoms with Gasteiger partial charge in [0.15, 0.2) is 0 Å².